The van der Waals surface area contributed by atoms with Crippen LogP contribution in [0.5, 0.6) is 0 Å². The van der Waals surface area contributed by atoms with Gasteiger partial charge in [0, 0.05) is 17.4 Å². The number of rotatable bonds is 2. The third-order valence-corrected chi connectivity index (χ3v) is 9.69. The molecule has 4 aliphatic carbocycles. The second-order valence-corrected chi connectivity index (χ2v) is 10.8. The van der Waals surface area contributed by atoms with Gasteiger partial charge >= 0.3 is 5.97 Å². The van der Waals surface area contributed by atoms with Gasteiger partial charge in [-0.1, -0.05) is 38.4 Å². The van der Waals surface area contributed by atoms with Gasteiger partial charge in [0.25, 0.3) is 0 Å². The number of hydrogen-bond donors (Lipinski definition) is 0. The Kier molecular flexibility index (Phi) is 4.65. The van der Waals surface area contributed by atoms with E-state index in [4.69, 9.17) is 16.3 Å². The third kappa shape index (κ3) is 2.61. The van der Waals surface area contributed by atoms with Crippen molar-refractivity contribution in [1.82, 2.24) is 0 Å². The minimum Gasteiger partial charge on any atom is -0.458 e. The third-order valence-electron chi connectivity index (χ3n) is 9.36. The smallest absolute Gasteiger partial charge is 0.303 e. The van der Waals surface area contributed by atoms with Gasteiger partial charge in [-0.05, 0) is 85.7 Å². The van der Waals surface area contributed by atoms with E-state index < -0.39 is 0 Å². The summed E-state index contributed by atoms with van der Waals surface area (Å²) in [6.45, 7) is 10.2. The fraction of sp³-hybridized carbons (Fsp3) is 0.750. The fourth-order valence-corrected chi connectivity index (χ4v) is 7.78. The van der Waals surface area contributed by atoms with Crippen molar-refractivity contribution in [2.75, 3.05) is 0 Å². The molecule has 2 fully saturated rings. The molecule has 3 nitrogen and oxygen atoms in total. The van der Waals surface area contributed by atoms with E-state index >= 15 is 0 Å². The first-order chi connectivity index (χ1) is 13.0. The Hall–Kier alpha value is -1.09. The van der Waals surface area contributed by atoms with Crippen LogP contribution in [0.25, 0.3) is 0 Å². The molecule has 0 amide bonds. The lowest BCUT2D eigenvalue weighted by Gasteiger charge is -2.58. The maximum atomic E-state index is 12.6. The van der Waals surface area contributed by atoms with E-state index in [1.54, 1.807) is 6.92 Å². The normalized spacial score (nSPS) is 47.2. The van der Waals surface area contributed by atoms with Crippen molar-refractivity contribution in [3.63, 3.8) is 0 Å². The molecule has 0 aromatic carbocycles. The maximum absolute atomic E-state index is 12.6. The van der Waals surface area contributed by atoms with Gasteiger partial charge in [-0.2, -0.15) is 0 Å². The molecule has 4 heteroatoms. The Balaban J connectivity index is 1.72. The SMILES string of the molecule is CC(=O)O[C@@H]1C=C2C(Cl)=C[C@@H]3[C@H](CC[C@@]4(C)[C@H]3CC[C@]4(C)C(C)=O)[C@@]2(C)CC1. The summed E-state index contributed by atoms with van der Waals surface area (Å²) in [5, 5.41) is 0.835. The number of ether oxygens (including phenoxy) is 1. The highest BCUT2D eigenvalue weighted by atomic mass is 35.5. The summed E-state index contributed by atoms with van der Waals surface area (Å²) in [7, 11) is 0. The highest BCUT2D eigenvalue weighted by Gasteiger charge is 2.63. The first-order valence-corrected chi connectivity index (χ1v) is 11.2. The molecule has 0 aromatic heterocycles. The van der Waals surface area contributed by atoms with Crippen molar-refractivity contribution >= 4 is 23.4 Å². The molecule has 0 spiro atoms. The van der Waals surface area contributed by atoms with Crippen LogP contribution in [-0.2, 0) is 14.3 Å². The molecular weight excluding hydrogens is 372 g/mol. The summed E-state index contributed by atoms with van der Waals surface area (Å²) in [5.74, 6) is 1.60. The molecule has 0 heterocycles. The van der Waals surface area contributed by atoms with Crippen LogP contribution < -0.4 is 0 Å². The minimum absolute atomic E-state index is 0.0314. The molecule has 0 radical (unpaired) electrons. The van der Waals surface area contributed by atoms with Crippen LogP contribution >= 0.6 is 11.6 Å². The lowest BCUT2D eigenvalue weighted by molar-refractivity contribution is -0.145. The molecule has 0 aliphatic heterocycles. The topological polar surface area (TPSA) is 43.4 Å². The predicted molar refractivity (Wildman–Crippen MR) is 111 cm³/mol. The molecule has 0 saturated heterocycles. The summed E-state index contributed by atoms with van der Waals surface area (Å²) in [6, 6.07) is 0. The molecule has 0 bridgehead atoms. The van der Waals surface area contributed by atoms with Crippen LogP contribution in [0.15, 0.2) is 22.8 Å². The van der Waals surface area contributed by atoms with Gasteiger partial charge < -0.3 is 4.74 Å². The van der Waals surface area contributed by atoms with E-state index in [0.717, 1.165) is 43.6 Å². The van der Waals surface area contributed by atoms with Crippen LogP contribution in [0.2, 0.25) is 0 Å². The van der Waals surface area contributed by atoms with Crippen LogP contribution in [0.1, 0.15) is 73.1 Å². The van der Waals surface area contributed by atoms with Gasteiger partial charge in [-0.15, -0.1) is 0 Å². The van der Waals surface area contributed by atoms with Crippen molar-refractivity contribution < 1.29 is 14.3 Å². The Labute approximate surface area is 173 Å². The highest BCUT2D eigenvalue weighted by Crippen LogP contribution is 2.69. The molecule has 0 N–H and O–H groups in total. The zero-order valence-corrected chi connectivity index (χ0v) is 18.6. The van der Waals surface area contributed by atoms with Gasteiger partial charge in [0.1, 0.15) is 11.9 Å². The number of esters is 1. The largest absolute Gasteiger partial charge is 0.458 e. The quantitative estimate of drug-likeness (QED) is 0.544. The predicted octanol–water partition coefficient (Wildman–Crippen LogP) is 5.82. The van der Waals surface area contributed by atoms with Crippen molar-refractivity contribution in [3.05, 3.63) is 22.8 Å². The Bertz CT molecular complexity index is 783. The number of carbonyl (C=O) groups is 2. The second-order valence-electron chi connectivity index (χ2n) is 10.4. The summed E-state index contributed by atoms with van der Waals surface area (Å²) in [6.07, 6.45) is 10.4. The van der Waals surface area contributed by atoms with E-state index in [1.807, 2.05) is 0 Å². The van der Waals surface area contributed by atoms with E-state index in [1.165, 1.54) is 12.5 Å². The lowest BCUT2D eigenvalue weighted by Crippen LogP contribution is -2.52. The number of fused-ring (bicyclic) bond motifs is 5. The second kappa shape index (κ2) is 6.45. The molecule has 2 saturated carbocycles. The number of Topliss-reactive ketones (excluding diaryl/α,β-unsaturated/α-hetero) is 1. The van der Waals surface area contributed by atoms with Crippen molar-refractivity contribution in [1.29, 1.82) is 0 Å². The van der Waals surface area contributed by atoms with E-state index in [0.29, 0.717) is 23.5 Å². The zero-order chi connectivity index (χ0) is 20.5. The number of ketones is 1. The van der Waals surface area contributed by atoms with Crippen LogP contribution in [0, 0.1) is 34.0 Å². The molecule has 4 aliphatic rings. The van der Waals surface area contributed by atoms with Gasteiger partial charge in [0.05, 0.1) is 0 Å². The molecule has 28 heavy (non-hydrogen) atoms. The number of carbonyl (C=O) groups excluding carboxylic acids is 2. The van der Waals surface area contributed by atoms with Gasteiger partial charge in [0.15, 0.2) is 0 Å². The molecule has 7 atom stereocenters. The Morgan fingerprint density at radius 3 is 2.32 bits per heavy atom. The van der Waals surface area contributed by atoms with Gasteiger partial charge in [-0.25, -0.2) is 0 Å². The fourth-order valence-electron chi connectivity index (χ4n) is 7.36. The average molecular weight is 405 g/mol. The van der Waals surface area contributed by atoms with E-state index in [-0.39, 0.29) is 28.3 Å². The zero-order valence-electron chi connectivity index (χ0n) is 17.8. The van der Waals surface area contributed by atoms with Crippen LogP contribution in [-0.4, -0.2) is 17.9 Å². The number of halogens is 1. The van der Waals surface area contributed by atoms with Crippen LogP contribution in [0.3, 0.4) is 0 Å². The van der Waals surface area contributed by atoms with Crippen molar-refractivity contribution in [3.8, 4) is 0 Å². The summed E-state index contributed by atoms with van der Waals surface area (Å²) < 4.78 is 5.47. The molecule has 0 unspecified atom stereocenters. The first kappa shape index (κ1) is 20.2. The number of hydrogen-bond acceptors (Lipinski definition) is 3. The maximum Gasteiger partial charge on any atom is 0.303 e. The lowest BCUT2D eigenvalue weighted by atomic mass is 9.46. The summed E-state index contributed by atoms with van der Waals surface area (Å²) in [4.78, 5) is 24.0. The van der Waals surface area contributed by atoms with E-state index in [2.05, 4.69) is 32.9 Å². The van der Waals surface area contributed by atoms with Gasteiger partial charge in [0.2, 0.25) is 0 Å². The first-order valence-electron chi connectivity index (χ1n) is 10.8. The van der Waals surface area contributed by atoms with Crippen molar-refractivity contribution in [2.45, 2.75) is 79.2 Å². The van der Waals surface area contributed by atoms with E-state index in [9.17, 15) is 9.59 Å². The number of allylic oxidation sites excluding steroid dienone is 3. The monoisotopic (exact) mass is 404 g/mol. The Morgan fingerprint density at radius 2 is 1.68 bits per heavy atom. The standard InChI is InChI=1S/C24H33ClO3/c1-14(26)23(4)10-8-19-17-13-21(25)20-12-16(28-15(2)27)6-9-22(20,3)18(17)7-11-24(19,23)5/h12-13,16-19H,6-11H2,1-5H3/t16-,17+,18-,19-,22+,23+,24-/m0/s1. The summed E-state index contributed by atoms with van der Waals surface area (Å²) >= 11 is 6.86. The molecule has 154 valence electrons. The minimum atomic E-state index is -0.234. The Morgan fingerprint density at radius 1 is 1.00 bits per heavy atom. The molecule has 4 rings (SSSR count). The van der Waals surface area contributed by atoms with Crippen LogP contribution in [0.4, 0.5) is 0 Å². The average Bonchev–Trinajstić information content (AvgIpc) is 2.89. The molecule has 0 aromatic rings. The highest BCUT2D eigenvalue weighted by molar-refractivity contribution is 6.32. The molecular formula is C24H33ClO3. The summed E-state index contributed by atoms with van der Waals surface area (Å²) in [5.41, 5.74) is 1.04. The van der Waals surface area contributed by atoms with Crippen molar-refractivity contribution in [2.24, 2.45) is 34.0 Å². The van der Waals surface area contributed by atoms with Gasteiger partial charge in [-0.3, -0.25) is 9.59 Å².